The van der Waals surface area contributed by atoms with Crippen molar-refractivity contribution in [2.45, 2.75) is 0 Å². The lowest BCUT2D eigenvalue weighted by atomic mass is 10.1. The van der Waals surface area contributed by atoms with E-state index in [9.17, 15) is 4.39 Å². The number of halogens is 2. The van der Waals surface area contributed by atoms with Crippen LogP contribution in [-0.4, -0.2) is 35.0 Å². The van der Waals surface area contributed by atoms with Crippen LogP contribution in [0.1, 0.15) is 5.56 Å². The van der Waals surface area contributed by atoms with Crippen LogP contribution < -0.4 is 11.5 Å². The number of fused-ring (bicyclic) bond motifs is 2. The Bertz CT molecular complexity index is 1200. The van der Waals surface area contributed by atoms with Crippen molar-refractivity contribution in [3.05, 3.63) is 46.7 Å². The largest absolute Gasteiger partial charge is 0.398 e. The molecule has 2 heterocycles. The quantitative estimate of drug-likeness (QED) is 0.477. The molecule has 2 fully saturated rings. The first-order chi connectivity index (χ1) is 13.9. The number of nitrogens with two attached hydrogens (primary N) is 2. The number of likely N-dealkylation sites (tertiary alicyclic amines) is 1. The zero-order chi connectivity index (χ0) is 20.3. The van der Waals surface area contributed by atoms with Crippen LogP contribution in [0.25, 0.3) is 22.3 Å². The van der Waals surface area contributed by atoms with E-state index >= 15 is 0 Å². The lowest BCUT2D eigenvalue weighted by Crippen LogP contribution is -2.18. The molecule has 1 aliphatic carbocycles. The third-order valence-electron chi connectivity index (χ3n) is 5.82. The zero-order valence-electron chi connectivity index (χ0n) is 15.8. The number of aromatic nitrogens is 2. The van der Waals surface area contributed by atoms with Gasteiger partial charge in [-0.3, -0.25) is 0 Å². The number of benzene rings is 2. The average Bonchev–Trinajstić information content (AvgIpc) is 3.14. The first-order valence-electron chi connectivity index (χ1n) is 9.43. The van der Waals surface area contributed by atoms with Gasteiger partial charge in [0.05, 0.1) is 11.1 Å². The molecule has 0 amide bonds. The highest BCUT2D eigenvalue weighted by Gasteiger charge is 2.53. The molecule has 0 spiro atoms. The second kappa shape index (κ2) is 6.58. The van der Waals surface area contributed by atoms with E-state index in [0.29, 0.717) is 44.9 Å². The van der Waals surface area contributed by atoms with Gasteiger partial charge in [-0.25, -0.2) is 14.4 Å². The summed E-state index contributed by atoms with van der Waals surface area (Å²) in [5.41, 5.74) is 14.3. The van der Waals surface area contributed by atoms with Crippen molar-refractivity contribution in [2.24, 2.45) is 17.8 Å². The van der Waals surface area contributed by atoms with Crippen molar-refractivity contribution in [1.82, 2.24) is 14.9 Å². The van der Waals surface area contributed by atoms with Crippen LogP contribution in [0.3, 0.4) is 0 Å². The minimum absolute atomic E-state index is 0.179. The van der Waals surface area contributed by atoms with Gasteiger partial charge in [-0.05, 0) is 49.2 Å². The summed E-state index contributed by atoms with van der Waals surface area (Å²) in [5, 5.41) is 1.01. The fraction of sp³-hybridized carbons (Fsp3) is 0.273. The highest BCUT2D eigenvalue weighted by molar-refractivity contribution is 6.30. The van der Waals surface area contributed by atoms with Gasteiger partial charge in [-0.1, -0.05) is 23.4 Å². The molecule has 5 rings (SSSR count). The second-order valence-electron chi connectivity index (χ2n) is 7.86. The average molecular weight is 408 g/mol. The number of anilines is 2. The molecule has 0 radical (unpaired) electrons. The molecule has 146 valence electrons. The highest BCUT2D eigenvalue weighted by Crippen LogP contribution is 2.50. The molecule has 0 bridgehead atoms. The lowest BCUT2D eigenvalue weighted by molar-refractivity contribution is 0.360. The fourth-order valence-corrected chi connectivity index (χ4v) is 4.40. The summed E-state index contributed by atoms with van der Waals surface area (Å²) in [6, 6.07) is 7.77. The predicted molar refractivity (Wildman–Crippen MR) is 114 cm³/mol. The molecule has 3 aromatic rings. The standard InChI is InChI=1S/C22H19ClFN5/c1-29-9-16-13(17(16)10-29)4-2-11-6-20-15(8-19(11)25)21(26)28-22(27-20)14-7-12(23)3-5-18(14)24/h3,5-8,13,16-17H,9-10,25H2,1H3,(H2,26,27,28)/t13-,16-,17+. The predicted octanol–water partition coefficient (Wildman–Crippen LogP) is 3.41. The maximum atomic E-state index is 14.3. The van der Waals surface area contributed by atoms with Gasteiger partial charge in [0, 0.05) is 40.7 Å². The third-order valence-corrected chi connectivity index (χ3v) is 6.05. The van der Waals surface area contributed by atoms with E-state index in [-0.39, 0.29) is 17.2 Å². The second-order valence-corrected chi connectivity index (χ2v) is 8.29. The van der Waals surface area contributed by atoms with Gasteiger partial charge >= 0.3 is 0 Å². The molecule has 5 nitrogen and oxygen atoms in total. The summed E-state index contributed by atoms with van der Waals surface area (Å²) in [7, 11) is 2.14. The van der Waals surface area contributed by atoms with Crippen molar-refractivity contribution in [1.29, 1.82) is 0 Å². The summed E-state index contributed by atoms with van der Waals surface area (Å²) in [5.74, 6) is 8.32. The molecule has 1 aliphatic heterocycles. The Labute approximate surface area is 172 Å². The van der Waals surface area contributed by atoms with E-state index in [2.05, 4.69) is 33.8 Å². The van der Waals surface area contributed by atoms with Gasteiger partial charge in [0.2, 0.25) is 0 Å². The number of hydrogen-bond donors (Lipinski definition) is 2. The van der Waals surface area contributed by atoms with Crippen molar-refractivity contribution in [3.63, 3.8) is 0 Å². The van der Waals surface area contributed by atoms with E-state index in [0.717, 1.165) is 13.1 Å². The van der Waals surface area contributed by atoms with Gasteiger partial charge in [0.25, 0.3) is 0 Å². The number of nitrogen functional groups attached to an aromatic ring is 2. The summed E-state index contributed by atoms with van der Waals surface area (Å²) < 4.78 is 14.3. The summed E-state index contributed by atoms with van der Waals surface area (Å²) in [6.07, 6.45) is 0. The lowest BCUT2D eigenvalue weighted by Gasteiger charge is -2.10. The zero-order valence-corrected chi connectivity index (χ0v) is 16.5. The summed E-state index contributed by atoms with van der Waals surface area (Å²) >= 11 is 6.01. The molecule has 7 heteroatoms. The van der Waals surface area contributed by atoms with E-state index in [4.69, 9.17) is 23.1 Å². The maximum absolute atomic E-state index is 14.3. The molecule has 2 aliphatic rings. The van der Waals surface area contributed by atoms with Crippen LogP contribution in [0.15, 0.2) is 30.3 Å². The van der Waals surface area contributed by atoms with Crippen molar-refractivity contribution in [3.8, 4) is 23.2 Å². The Balaban J connectivity index is 1.54. The first kappa shape index (κ1) is 18.2. The number of nitrogens with zero attached hydrogens (tertiary/aromatic N) is 3. The third kappa shape index (κ3) is 3.17. The van der Waals surface area contributed by atoms with E-state index < -0.39 is 5.82 Å². The monoisotopic (exact) mass is 407 g/mol. The van der Waals surface area contributed by atoms with Crippen molar-refractivity contribution < 1.29 is 4.39 Å². The Morgan fingerprint density at radius 2 is 1.90 bits per heavy atom. The summed E-state index contributed by atoms with van der Waals surface area (Å²) in [6.45, 7) is 2.21. The van der Waals surface area contributed by atoms with Crippen LogP contribution in [0.2, 0.25) is 5.02 Å². The molecule has 3 atom stereocenters. The molecule has 1 saturated heterocycles. The van der Waals surface area contributed by atoms with Crippen LogP contribution in [0.4, 0.5) is 15.9 Å². The van der Waals surface area contributed by atoms with Crippen LogP contribution in [0, 0.1) is 35.4 Å². The Hall–Kier alpha value is -2.88. The Morgan fingerprint density at radius 3 is 2.66 bits per heavy atom. The molecule has 2 aromatic carbocycles. The van der Waals surface area contributed by atoms with Gasteiger partial charge in [0.15, 0.2) is 5.82 Å². The van der Waals surface area contributed by atoms with Gasteiger partial charge < -0.3 is 16.4 Å². The smallest absolute Gasteiger partial charge is 0.165 e. The number of rotatable bonds is 1. The van der Waals surface area contributed by atoms with E-state index in [1.165, 1.54) is 18.2 Å². The van der Waals surface area contributed by atoms with Crippen molar-refractivity contribution in [2.75, 3.05) is 31.6 Å². The van der Waals surface area contributed by atoms with Crippen LogP contribution in [-0.2, 0) is 0 Å². The SMILES string of the molecule is CN1C[C@@H]2[C@@H](C#Cc3cc4nc(-c5cc(Cl)ccc5F)nc(N)c4cc3N)[C@@H]2C1. The highest BCUT2D eigenvalue weighted by atomic mass is 35.5. The van der Waals surface area contributed by atoms with Crippen LogP contribution >= 0.6 is 11.6 Å². The molecule has 4 N–H and O–H groups in total. The normalized spacial score (nSPS) is 22.9. The first-order valence-corrected chi connectivity index (χ1v) is 9.81. The number of hydrogen-bond acceptors (Lipinski definition) is 5. The van der Waals surface area contributed by atoms with Gasteiger partial charge in [-0.2, -0.15) is 0 Å². The minimum atomic E-state index is -0.464. The number of piperidine rings is 1. The Morgan fingerprint density at radius 1 is 1.14 bits per heavy atom. The topological polar surface area (TPSA) is 81.1 Å². The molecular weight excluding hydrogens is 389 g/mol. The molecule has 0 unspecified atom stereocenters. The Kier molecular flexibility index (Phi) is 4.12. The van der Waals surface area contributed by atoms with E-state index in [1.807, 2.05) is 0 Å². The molecule has 29 heavy (non-hydrogen) atoms. The van der Waals surface area contributed by atoms with Crippen LogP contribution in [0.5, 0.6) is 0 Å². The molecule has 1 saturated carbocycles. The summed E-state index contributed by atoms with van der Waals surface area (Å²) in [4.78, 5) is 11.1. The molecule has 1 aromatic heterocycles. The maximum Gasteiger partial charge on any atom is 0.165 e. The molecular formula is C22H19ClFN5. The van der Waals surface area contributed by atoms with Gasteiger partial charge in [-0.15, -0.1) is 0 Å². The van der Waals surface area contributed by atoms with Crippen molar-refractivity contribution >= 4 is 34.0 Å². The van der Waals surface area contributed by atoms with E-state index in [1.54, 1.807) is 12.1 Å². The fourth-order valence-electron chi connectivity index (χ4n) is 4.23. The minimum Gasteiger partial charge on any atom is -0.398 e. The van der Waals surface area contributed by atoms with Gasteiger partial charge in [0.1, 0.15) is 11.6 Å².